The van der Waals surface area contributed by atoms with E-state index in [4.69, 9.17) is 22.3 Å². The van der Waals surface area contributed by atoms with Crippen LogP contribution in [-0.2, 0) is 9.05 Å². The van der Waals surface area contributed by atoms with E-state index in [1.165, 1.54) is 6.92 Å². The lowest BCUT2D eigenvalue weighted by Gasteiger charge is -2.04. The molecule has 0 bridgehead atoms. The highest BCUT2D eigenvalue weighted by molar-refractivity contribution is 8.13. The summed E-state index contributed by atoms with van der Waals surface area (Å²) in [5.74, 6) is -0.847. The van der Waals surface area contributed by atoms with Crippen LogP contribution in [0.1, 0.15) is 15.9 Å². The molecule has 1 aromatic carbocycles. The van der Waals surface area contributed by atoms with E-state index in [0.717, 1.165) is 12.1 Å². The number of hydrogen-bond donors (Lipinski definition) is 0. The molecule has 0 amide bonds. The Hall–Kier alpha value is -0.650. The lowest BCUT2D eigenvalue weighted by atomic mass is 10.1. The zero-order chi connectivity index (χ0) is 11.8. The van der Waals surface area contributed by atoms with Gasteiger partial charge >= 0.3 is 0 Å². The van der Waals surface area contributed by atoms with Crippen LogP contribution in [-0.4, -0.2) is 13.7 Å². The number of rotatable bonds is 2. The second-order valence-corrected chi connectivity index (χ2v) is 5.70. The third kappa shape index (κ3) is 2.68. The van der Waals surface area contributed by atoms with E-state index in [1.54, 1.807) is 0 Å². The predicted molar refractivity (Wildman–Crippen MR) is 54.4 cm³/mol. The number of halogens is 3. The van der Waals surface area contributed by atoms with Crippen molar-refractivity contribution in [3.8, 4) is 0 Å². The highest BCUT2D eigenvalue weighted by Gasteiger charge is 2.18. The van der Waals surface area contributed by atoms with Crippen LogP contribution in [0.5, 0.6) is 0 Å². The van der Waals surface area contributed by atoms with E-state index in [2.05, 4.69) is 0 Å². The van der Waals surface area contributed by atoms with Gasteiger partial charge in [-0.2, -0.15) is 0 Å². The van der Waals surface area contributed by atoms with Crippen molar-refractivity contribution in [2.45, 2.75) is 11.8 Å². The molecule has 0 spiro atoms. The maximum atomic E-state index is 13.2. The molecular weight excluding hydrogens is 266 g/mol. The predicted octanol–water partition coefficient (Wildman–Crippen LogP) is 2.44. The average molecular weight is 271 g/mol. The van der Waals surface area contributed by atoms with Crippen LogP contribution >= 0.6 is 22.3 Å². The van der Waals surface area contributed by atoms with Crippen molar-refractivity contribution in [1.29, 1.82) is 0 Å². The van der Waals surface area contributed by atoms with Gasteiger partial charge in [-0.15, -0.1) is 0 Å². The Balaban J connectivity index is 3.57. The molecule has 0 saturated carbocycles. The first-order chi connectivity index (χ1) is 6.73. The normalized spacial score (nSPS) is 11.5. The van der Waals surface area contributed by atoms with E-state index in [1.807, 2.05) is 0 Å². The molecule has 3 nitrogen and oxygen atoms in total. The Labute approximate surface area is 95.2 Å². The van der Waals surface area contributed by atoms with Crippen LogP contribution in [0.4, 0.5) is 4.39 Å². The van der Waals surface area contributed by atoms with Crippen LogP contribution in [0.25, 0.3) is 0 Å². The average Bonchev–Trinajstić information content (AvgIpc) is 2.06. The number of carbonyl (C=O) groups is 1. The van der Waals surface area contributed by atoms with Crippen LogP contribution in [0, 0.1) is 12.7 Å². The minimum atomic E-state index is -4.08. The molecule has 0 N–H and O–H groups in total. The zero-order valence-electron chi connectivity index (χ0n) is 7.42. The maximum Gasteiger partial charge on any atom is 0.261 e. The van der Waals surface area contributed by atoms with Gasteiger partial charge in [-0.05, 0) is 36.2 Å². The quantitative estimate of drug-likeness (QED) is 0.776. The van der Waals surface area contributed by atoms with Crippen molar-refractivity contribution in [2.24, 2.45) is 0 Å². The van der Waals surface area contributed by atoms with Crippen LogP contribution in [0.3, 0.4) is 0 Å². The molecule has 15 heavy (non-hydrogen) atoms. The number of carbonyl (C=O) groups excluding carboxylic acids is 1. The van der Waals surface area contributed by atoms with Gasteiger partial charge < -0.3 is 0 Å². The summed E-state index contributed by atoms with van der Waals surface area (Å²) in [6.45, 7) is 1.32. The summed E-state index contributed by atoms with van der Waals surface area (Å²) in [5, 5.41) is -0.937. The molecule has 0 fully saturated rings. The Kier molecular flexibility index (Phi) is 3.38. The molecule has 1 aromatic rings. The van der Waals surface area contributed by atoms with Gasteiger partial charge in [0.15, 0.2) is 0 Å². The maximum absolute atomic E-state index is 13.2. The fraction of sp³-hybridized carbons (Fsp3) is 0.125. The molecule has 0 radical (unpaired) electrons. The molecule has 82 valence electrons. The van der Waals surface area contributed by atoms with Gasteiger partial charge in [0.2, 0.25) is 0 Å². The lowest BCUT2D eigenvalue weighted by Crippen LogP contribution is -2.01. The number of benzene rings is 1. The first-order valence-electron chi connectivity index (χ1n) is 3.68. The largest absolute Gasteiger partial charge is 0.276 e. The fourth-order valence-corrected chi connectivity index (χ4v) is 1.97. The standard InChI is InChI=1S/C8H5Cl2FO3S/c1-4-6(8(9)12)2-5(3-7(4)11)15(10,13)14/h2-3H,1H3. The third-order valence-corrected chi connectivity index (χ3v) is 3.35. The van der Waals surface area contributed by atoms with Gasteiger partial charge in [-0.3, -0.25) is 4.79 Å². The second-order valence-electron chi connectivity index (χ2n) is 2.79. The summed E-state index contributed by atoms with van der Waals surface area (Å²) in [4.78, 5) is 10.4. The minimum Gasteiger partial charge on any atom is -0.276 e. The smallest absolute Gasteiger partial charge is 0.261 e. The monoisotopic (exact) mass is 270 g/mol. The van der Waals surface area contributed by atoms with Gasteiger partial charge in [-0.1, -0.05) is 0 Å². The lowest BCUT2D eigenvalue weighted by molar-refractivity contribution is 0.108. The van der Waals surface area contributed by atoms with Crippen LogP contribution < -0.4 is 0 Å². The molecular formula is C8H5Cl2FO3S. The SMILES string of the molecule is Cc1c(F)cc(S(=O)(=O)Cl)cc1C(=O)Cl. The van der Waals surface area contributed by atoms with Crippen molar-refractivity contribution in [3.63, 3.8) is 0 Å². The molecule has 0 atom stereocenters. The molecule has 0 aliphatic heterocycles. The van der Waals surface area contributed by atoms with E-state index >= 15 is 0 Å². The summed E-state index contributed by atoms with van der Waals surface area (Å²) >= 11 is 5.16. The van der Waals surface area contributed by atoms with E-state index < -0.39 is 25.0 Å². The summed E-state index contributed by atoms with van der Waals surface area (Å²) in [7, 11) is 0.934. The van der Waals surface area contributed by atoms with Crippen molar-refractivity contribution in [2.75, 3.05) is 0 Å². The van der Waals surface area contributed by atoms with E-state index in [0.29, 0.717) is 0 Å². The van der Waals surface area contributed by atoms with Gasteiger partial charge in [0.05, 0.1) is 4.90 Å². The van der Waals surface area contributed by atoms with Gasteiger partial charge in [0, 0.05) is 16.2 Å². The summed E-state index contributed by atoms with van der Waals surface area (Å²) in [5.41, 5.74) is -0.227. The fourth-order valence-electron chi connectivity index (χ4n) is 0.999. The highest BCUT2D eigenvalue weighted by Crippen LogP contribution is 2.23. The summed E-state index contributed by atoms with van der Waals surface area (Å²) in [6, 6.07) is 1.68. The van der Waals surface area contributed by atoms with Crippen molar-refractivity contribution >= 4 is 36.6 Å². The molecule has 1 rings (SSSR count). The Morgan fingerprint density at radius 2 is 1.93 bits per heavy atom. The van der Waals surface area contributed by atoms with Crippen molar-refractivity contribution in [1.82, 2.24) is 0 Å². The second kappa shape index (κ2) is 4.08. The van der Waals surface area contributed by atoms with E-state index in [-0.39, 0.29) is 11.1 Å². The van der Waals surface area contributed by atoms with Gasteiger partial charge in [-0.25, -0.2) is 12.8 Å². The first-order valence-corrected chi connectivity index (χ1v) is 6.37. The molecule has 0 aromatic heterocycles. The van der Waals surface area contributed by atoms with Crippen molar-refractivity contribution in [3.05, 3.63) is 29.1 Å². The molecule has 0 aliphatic carbocycles. The zero-order valence-corrected chi connectivity index (χ0v) is 9.75. The van der Waals surface area contributed by atoms with Gasteiger partial charge in [0.25, 0.3) is 14.3 Å². The van der Waals surface area contributed by atoms with Gasteiger partial charge in [0.1, 0.15) is 5.82 Å². The molecule has 7 heteroatoms. The third-order valence-electron chi connectivity index (χ3n) is 1.81. The Morgan fingerprint density at radius 3 is 2.33 bits per heavy atom. The summed E-state index contributed by atoms with van der Waals surface area (Å²) < 4.78 is 35.0. The molecule has 0 saturated heterocycles. The van der Waals surface area contributed by atoms with Crippen molar-refractivity contribution < 1.29 is 17.6 Å². The first kappa shape index (κ1) is 12.4. The Bertz CT molecular complexity index is 525. The highest BCUT2D eigenvalue weighted by atomic mass is 35.7. The van der Waals surface area contributed by atoms with Crippen LogP contribution in [0.15, 0.2) is 17.0 Å². The van der Waals surface area contributed by atoms with Crippen LogP contribution in [0.2, 0.25) is 0 Å². The molecule has 0 heterocycles. The Morgan fingerprint density at radius 1 is 1.40 bits per heavy atom. The topological polar surface area (TPSA) is 51.2 Å². The minimum absolute atomic E-state index is 0.0148. The molecule has 0 unspecified atom stereocenters. The van der Waals surface area contributed by atoms with E-state index in [9.17, 15) is 17.6 Å². The number of hydrogen-bond acceptors (Lipinski definition) is 3. The molecule has 0 aliphatic rings. The summed E-state index contributed by atoms with van der Waals surface area (Å²) in [6.07, 6.45) is 0.